The zero-order valence-electron chi connectivity index (χ0n) is 12.8. The van der Waals surface area contributed by atoms with Crippen molar-refractivity contribution in [3.63, 3.8) is 0 Å². The molecule has 2 aromatic carbocycles. The van der Waals surface area contributed by atoms with Crippen molar-refractivity contribution in [1.82, 2.24) is 4.90 Å². The first kappa shape index (κ1) is 15.1. The van der Waals surface area contributed by atoms with Crippen LogP contribution in [0, 0.1) is 6.92 Å². The van der Waals surface area contributed by atoms with Crippen molar-refractivity contribution in [2.45, 2.75) is 26.3 Å². The Balaban J connectivity index is 2.06. The lowest BCUT2D eigenvalue weighted by Crippen LogP contribution is -2.31. The number of hydrogen-bond acceptors (Lipinski definition) is 2. The van der Waals surface area contributed by atoms with Crippen LogP contribution in [0.15, 0.2) is 48.5 Å². The van der Waals surface area contributed by atoms with Crippen LogP contribution >= 0.6 is 0 Å². The van der Waals surface area contributed by atoms with E-state index >= 15 is 0 Å². The van der Waals surface area contributed by atoms with Gasteiger partial charge in [0, 0.05) is 12.7 Å². The summed E-state index contributed by atoms with van der Waals surface area (Å²) in [6.07, 6.45) is 0.420. The Kier molecular flexibility index (Phi) is 4.63. The molecule has 0 heterocycles. The third kappa shape index (κ3) is 3.85. The molecule has 3 heteroatoms. The monoisotopic (exact) mass is 282 g/mol. The number of likely N-dealkylation sites (N-methyl/N-ethyl adjacent to an activating group) is 1. The van der Waals surface area contributed by atoms with Crippen LogP contribution in [0.4, 0.5) is 5.69 Å². The van der Waals surface area contributed by atoms with Crippen LogP contribution in [0.5, 0.6) is 0 Å². The molecule has 3 nitrogen and oxygen atoms in total. The van der Waals surface area contributed by atoms with E-state index in [4.69, 9.17) is 5.73 Å². The molecule has 1 atom stereocenters. The number of nitrogen functional groups attached to an aromatic ring is 1. The highest BCUT2D eigenvalue weighted by molar-refractivity contribution is 5.79. The largest absolute Gasteiger partial charge is 0.399 e. The van der Waals surface area contributed by atoms with Gasteiger partial charge in [0.2, 0.25) is 5.91 Å². The van der Waals surface area contributed by atoms with Crippen molar-refractivity contribution in [3.8, 4) is 0 Å². The maximum absolute atomic E-state index is 12.4. The van der Waals surface area contributed by atoms with Gasteiger partial charge in [-0.15, -0.1) is 0 Å². The summed E-state index contributed by atoms with van der Waals surface area (Å²) in [7, 11) is 1.84. The van der Waals surface area contributed by atoms with Gasteiger partial charge >= 0.3 is 0 Å². The second-order valence-electron chi connectivity index (χ2n) is 5.51. The molecule has 0 aliphatic rings. The zero-order chi connectivity index (χ0) is 15.4. The fourth-order valence-corrected chi connectivity index (χ4v) is 2.26. The number of nitrogens with two attached hydrogens (primary N) is 1. The normalized spacial score (nSPS) is 12.0. The highest BCUT2D eigenvalue weighted by Crippen LogP contribution is 2.21. The molecule has 0 bridgehead atoms. The SMILES string of the molecule is Cc1ccc(CC(=O)N(C)C(C)c2cccc(N)c2)cc1. The van der Waals surface area contributed by atoms with E-state index in [1.165, 1.54) is 5.56 Å². The number of benzene rings is 2. The van der Waals surface area contributed by atoms with Crippen molar-refractivity contribution in [1.29, 1.82) is 0 Å². The number of carbonyl (C=O) groups is 1. The van der Waals surface area contributed by atoms with E-state index in [0.717, 1.165) is 16.8 Å². The third-order valence-corrected chi connectivity index (χ3v) is 3.84. The summed E-state index contributed by atoms with van der Waals surface area (Å²) in [6.45, 7) is 4.06. The number of amides is 1. The first-order valence-electron chi connectivity index (χ1n) is 7.14. The zero-order valence-corrected chi connectivity index (χ0v) is 12.8. The van der Waals surface area contributed by atoms with E-state index in [-0.39, 0.29) is 11.9 Å². The molecule has 0 radical (unpaired) electrons. The molecule has 0 saturated carbocycles. The fraction of sp³-hybridized carbons (Fsp3) is 0.278. The Morgan fingerprint density at radius 3 is 2.48 bits per heavy atom. The van der Waals surface area contributed by atoms with Gasteiger partial charge in [-0.1, -0.05) is 42.0 Å². The van der Waals surface area contributed by atoms with Gasteiger partial charge in [0.05, 0.1) is 12.5 Å². The summed E-state index contributed by atoms with van der Waals surface area (Å²) in [6, 6.07) is 15.8. The van der Waals surface area contributed by atoms with Gasteiger partial charge in [0.15, 0.2) is 0 Å². The summed E-state index contributed by atoms with van der Waals surface area (Å²) in [4.78, 5) is 14.2. The third-order valence-electron chi connectivity index (χ3n) is 3.84. The Morgan fingerprint density at radius 1 is 1.19 bits per heavy atom. The van der Waals surface area contributed by atoms with E-state index in [0.29, 0.717) is 6.42 Å². The quantitative estimate of drug-likeness (QED) is 0.874. The maximum atomic E-state index is 12.4. The average Bonchev–Trinajstić information content (AvgIpc) is 2.48. The van der Waals surface area contributed by atoms with Crippen LogP contribution in [0.3, 0.4) is 0 Å². The molecule has 2 aromatic rings. The van der Waals surface area contributed by atoms with Gasteiger partial charge in [0.1, 0.15) is 0 Å². The second kappa shape index (κ2) is 6.44. The van der Waals surface area contributed by atoms with Crippen LogP contribution in [0.1, 0.15) is 29.7 Å². The average molecular weight is 282 g/mol. The van der Waals surface area contributed by atoms with Gasteiger partial charge in [-0.05, 0) is 37.1 Å². The fourth-order valence-electron chi connectivity index (χ4n) is 2.26. The number of anilines is 1. The lowest BCUT2D eigenvalue weighted by atomic mass is 10.0. The standard InChI is InChI=1S/C18H22N2O/c1-13-7-9-15(10-8-13)11-18(21)20(3)14(2)16-5-4-6-17(19)12-16/h4-10,12,14H,11,19H2,1-3H3. The van der Waals surface area contributed by atoms with Crippen molar-refractivity contribution >= 4 is 11.6 Å². The van der Waals surface area contributed by atoms with Gasteiger partial charge in [-0.3, -0.25) is 4.79 Å². The molecule has 1 amide bonds. The predicted octanol–water partition coefficient (Wildman–Crippen LogP) is 3.34. The molecular weight excluding hydrogens is 260 g/mol. The number of carbonyl (C=O) groups excluding carboxylic acids is 1. The number of hydrogen-bond donors (Lipinski definition) is 1. The Morgan fingerprint density at radius 2 is 1.86 bits per heavy atom. The number of rotatable bonds is 4. The highest BCUT2D eigenvalue weighted by Gasteiger charge is 2.17. The van der Waals surface area contributed by atoms with E-state index in [1.807, 2.05) is 69.4 Å². The Bertz CT molecular complexity index is 619. The minimum absolute atomic E-state index is 0.00597. The number of aryl methyl sites for hydroxylation is 1. The van der Waals surface area contributed by atoms with Crippen LogP contribution in [-0.2, 0) is 11.2 Å². The molecule has 0 aromatic heterocycles. The van der Waals surface area contributed by atoms with Gasteiger partial charge in [-0.25, -0.2) is 0 Å². The first-order valence-corrected chi connectivity index (χ1v) is 7.14. The maximum Gasteiger partial charge on any atom is 0.227 e. The summed E-state index contributed by atoms with van der Waals surface area (Å²) < 4.78 is 0. The minimum atomic E-state index is 0.00597. The lowest BCUT2D eigenvalue weighted by Gasteiger charge is -2.25. The molecule has 0 aliphatic carbocycles. The molecule has 0 fully saturated rings. The minimum Gasteiger partial charge on any atom is -0.399 e. The van der Waals surface area contributed by atoms with Crippen molar-refractivity contribution in [3.05, 3.63) is 65.2 Å². The van der Waals surface area contributed by atoms with Crippen molar-refractivity contribution in [2.75, 3.05) is 12.8 Å². The molecular formula is C18H22N2O. The van der Waals surface area contributed by atoms with Crippen molar-refractivity contribution < 1.29 is 4.79 Å². The summed E-state index contributed by atoms with van der Waals surface area (Å²) >= 11 is 0. The van der Waals surface area contributed by atoms with E-state index in [1.54, 1.807) is 4.90 Å². The molecule has 1 unspecified atom stereocenters. The van der Waals surface area contributed by atoms with Crippen LogP contribution in [0.2, 0.25) is 0 Å². The summed E-state index contributed by atoms with van der Waals surface area (Å²) in [5.41, 5.74) is 9.82. The van der Waals surface area contributed by atoms with Gasteiger partial charge in [0.25, 0.3) is 0 Å². The predicted molar refractivity (Wildman–Crippen MR) is 86.9 cm³/mol. The Labute approximate surface area is 126 Å². The summed E-state index contributed by atoms with van der Waals surface area (Å²) in [5.74, 6) is 0.105. The van der Waals surface area contributed by atoms with Gasteiger partial charge < -0.3 is 10.6 Å². The number of nitrogens with zero attached hydrogens (tertiary/aromatic N) is 1. The molecule has 0 aliphatic heterocycles. The second-order valence-corrected chi connectivity index (χ2v) is 5.51. The van der Waals surface area contributed by atoms with E-state index in [9.17, 15) is 4.79 Å². The first-order chi connectivity index (χ1) is 9.97. The van der Waals surface area contributed by atoms with E-state index < -0.39 is 0 Å². The molecule has 2 N–H and O–H groups in total. The Hall–Kier alpha value is -2.29. The van der Waals surface area contributed by atoms with Crippen LogP contribution < -0.4 is 5.73 Å². The molecule has 0 saturated heterocycles. The van der Waals surface area contributed by atoms with E-state index in [2.05, 4.69) is 0 Å². The molecule has 2 rings (SSSR count). The highest BCUT2D eigenvalue weighted by atomic mass is 16.2. The topological polar surface area (TPSA) is 46.3 Å². The molecule has 110 valence electrons. The molecule has 21 heavy (non-hydrogen) atoms. The van der Waals surface area contributed by atoms with Gasteiger partial charge in [-0.2, -0.15) is 0 Å². The molecule has 0 spiro atoms. The lowest BCUT2D eigenvalue weighted by molar-refractivity contribution is -0.131. The van der Waals surface area contributed by atoms with Crippen LogP contribution in [-0.4, -0.2) is 17.9 Å². The summed E-state index contributed by atoms with van der Waals surface area (Å²) in [5, 5.41) is 0. The van der Waals surface area contributed by atoms with Crippen LogP contribution in [0.25, 0.3) is 0 Å². The van der Waals surface area contributed by atoms with Crippen molar-refractivity contribution in [2.24, 2.45) is 0 Å². The smallest absolute Gasteiger partial charge is 0.227 e.